The Bertz CT molecular complexity index is 508. The van der Waals surface area contributed by atoms with Gasteiger partial charge >= 0.3 is 5.97 Å². The Labute approximate surface area is 122 Å². The Balaban J connectivity index is 3.45. The second kappa shape index (κ2) is 5.47. The molecule has 1 N–H and O–H groups in total. The molecule has 0 amide bonds. The summed E-state index contributed by atoms with van der Waals surface area (Å²) in [6, 6.07) is 4.13. The van der Waals surface area contributed by atoms with Gasteiger partial charge in [-0.15, -0.1) is 0 Å². The lowest BCUT2D eigenvalue weighted by Crippen LogP contribution is -2.23. The van der Waals surface area contributed by atoms with Crippen LogP contribution in [0.3, 0.4) is 0 Å². The molecule has 0 bridgehead atoms. The van der Waals surface area contributed by atoms with Crippen molar-refractivity contribution in [3.63, 3.8) is 0 Å². The number of carboxylic acid groups (broad SMARTS) is 1. The molecule has 1 aromatic carbocycles. The van der Waals surface area contributed by atoms with Crippen molar-refractivity contribution in [2.24, 2.45) is 0 Å². The Morgan fingerprint density at radius 1 is 1.20 bits per heavy atom. The van der Waals surface area contributed by atoms with E-state index in [1.165, 1.54) is 0 Å². The second-order valence-corrected chi connectivity index (χ2v) is 7.08. The van der Waals surface area contributed by atoms with Crippen LogP contribution < -0.4 is 4.74 Å². The molecular formula is C17H26O3. The smallest absolute Gasteiger partial charge is 0.304 e. The predicted octanol–water partition coefficient (Wildman–Crippen LogP) is 4.05. The molecule has 0 saturated carbocycles. The van der Waals surface area contributed by atoms with Gasteiger partial charge in [-0.2, -0.15) is 0 Å². The summed E-state index contributed by atoms with van der Waals surface area (Å²) >= 11 is 0. The van der Waals surface area contributed by atoms with E-state index >= 15 is 0 Å². The van der Waals surface area contributed by atoms with Gasteiger partial charge in [0.15, 0.2) is 0 Å². The van der Waals surface area contributed by atoms with Crippen molar-refractivity contribution in [2.75, 3.05) is 7.11 Å². The normalized spacial score (nSPS) is 12.3. The number of carbonyl (C=O) groups is 1. The number of aliphatic carboxylic acids is 1. The summed E-state index contributed by atoms with van der Waals surface area (Å²) in [5.41, 5.74) is 2.76. The van der Waals surface area contributed by atoms with E-state index in [0.29, 0.717) is 0 Å². The standard InChI is InChI=1S/C17H26O3/c1-11-8-12(17(5,6)10-14(18)19)9-13(15(11)20-7)16(2,3)4/h8-9H,10H2,1-7H3,(H,18,19). The molecule has 20 heavy (non-hydrogen) atoms. The fourth-order valence-electron chi connectivity index (χ4n) is 2.47. The van der Waals surface area contributed by atoms with E-state index in [9.17, 15) is 4.79 Å². The number of benzene rings is 1. The van der Waals surface area contributed by atoms with Crippen LogP contribution in [0, 0.1) is 6.92 Å². The molecule has 0 radical (unpaired) electrons. The van der Waals surface area contributed by atoms with Gasteiger partial charge in [0, 0.05) is 11.0 Å². The minimum Gasteiger partial charge on any atom is -0.496 e. The van der Waals surface area contributed by atoms with Crippen molar-refractivity contribution in [1.82, 2.24) is 0 Å². The first-order valence-electron chi connectivity index (χ1n) is 6.90. The summed E-state index contributed by atoms with van der Waals surface area (Å²) in [6.45, 7) is 12.4. The molecule has 0 fully saturated rings. The quantitative estimate of drug-likeness (QED) is 0.903. The average molecular weight is 278 g/mol. The molecule has 0 aliphatic heterocycles. The number of carboxylic acids is 1. The lowest BCUT2D eigenvalue weighted by Gasteiger charge is -2.29. The van der Waals surface area contributed by atoms with E-state index in [1.54, 1.807) is 7.11 Å². The zero-order valence-corrected chi connectivity index (χ0v) is 13.6. The van der Waals surface area contributed by atoms with E-state index in [0.717, 1.165) is 22.4 Å². The Morgan fingerprint density at radius 2 is 1.75 bits per heavy atom. The van der Waals surface area contributed by atoms with E-state index < -0.39 is 11.4 Å². The minimum atomic E-state index is -0.777. The number of ether oxygens (including phenoxy) is 1. The molecule has 0 heterocycles. The van der Waals surface area contributed by atoms with Gasteiger partial charge < -0.3 is 9.84 Å². The highest BCUT2D eigenvalue weighted by Gasteiger charge is 2.28. The number of rotatable bonds is 4. The monoisotopic (exact) mass is 278 g/mol. The zero-order chi connectivity index (χ0) is 15.7. The molecule has 0 aliphatic rings. The number of methoxy groups -OCH3 is 1. The third-order valence-corrected chi connectivity index (χ3v) is 3.66. The molecule has 1 aromatic rings. The fraction of sp³-hybridized carbons (Fsp3) is 0.588. The summed E-state index contributed by atoms with van der Waals surface area (Å²) in [6.07, 6.45) is 0.113. The number of aryl methyl sites for hydroxylation is 1. The van der Waals surface area contributed by atoms with Gasteiger partial charge in [-0.3, -0.25) is 4.79 Å². The van der Waals surface area contributed by atoms with Crippen LogP contribution in [0.4, 0.5) is 0 Å². The van der Waals surface area contributed by atoms with Crippen LogP contribution in [-0.2, 0) is 15.6 Å². The second-order valence-electron chi connectivity index (χ2n) is 7.08. The van der Waals surface area contributed by atoms with Crippen molar-refractivity contribution >= 4 is 5.97 Å². The zero-order valence-electron chi connectivity index (χ0n) is 13.6. The molecule has 0 aromatic heterocycles. The molecule has 0 unspecified atom stereocenters. The molecule has 112 valence electrons. The van der Waals surface area contributed by atoms with Crippen molar-refractivity contribution in [3.05, 3.63) is 28.8 Å². The first-order chi connectivity index (χ1) is 8.99. The molecular weight excluding hydrogens is 252 g/mol. The SMILES string of the molecule is COc1c(C)cc(C(C)(C)CC(=O)O)cc1C(C)(C)C. The Kier molecular flexibility index (Phi) is 4.52. The van der Waals surface area contributed by atoms with E-state index in [-0.39, 0.29) is 11.8 Å². The van der Waals surface area contributed by atoms with Gasteiger partial charge in [-0.1, -0.05) is 46.8 Å². The van der Waals surface area contributed by atoms with Crippen LogP contribution in [-0.4, -0.2) is 18.2 Å². The van der Waals surface area contributed by atoms with Gasteiger partial charge in [0.05, 0.1) is 13.5 Å². The van der Waals surface area contributed by atoms with E-state index in [2.05, 4.69) is 26.8 Å². The minimum absolute atomic E-state index is 0.0502. The van der Waals surface area contributed by atoms with Crippen LogP contribution in [0.2, 0.25) is 0 Å². The Morgan fingerprint density at radius 3 is 2.15 bits per heavy atom. The highest BCUT2D eigenvalue weighted by molar-refractivity contribution is 5.69. The van der Waals surface area contributed by atoms with Crippen LogP contribution in [0.1, 0.15) is 57.7 Å². The number of hydrogen-bond donors (Lipinski definition) is 1. The van der Waals surface area contributed by atoms with Gasteiger partial charge in [-0.05, 0) is 23.5 Å². The van der Waals surface area contributed by atoms with Crippen LogP contribution in [0.25, 0.3) is 0 Å². The van der Waals surface area contributed by atoms with E-state index in [4.69, 9.17) is 9.84 Å². The maximum absolute atomic E-state index is 11.1. The summed E-state index contributed by atoms with van der Waals surface area (Å²) < 4.78 is 5.54. The van der Waals surface area contributed by atoms with E-state index in [1.807, 2.05) is 26.8 Å². The maximum atomic E-state index is 11.1. The average Bonchev–Trinajstić information content (AvgIpc) is 2.24. The Hall–Kier alpha value is -1.51. The van der Waals surface area contributed by atoms with Crippen molar-refractivity contribution in [2.45, 2.75) is 58.8 Å². The largest absolute Gasteiger partial charge is 0.496 e. The first kappa shape index (κ1) is 16.5. The maximum Gasteiger partial charge on any atom is 0.304 e. The molecule has 3 nitrogen and oxygen atoms in total. The number of hydrogen-bond acceptors (Lipinski definition) is 2. The molecule has 0 aliphatic carbocycles. The van der Waals surface area contributed by atoms with Crippen LogP contribution in [0.15, 0.2) is 12.1 Å². The van der Waals surface area contributed by atoms with Gasteiger partial charge in [-0.25, -0.2) is 0 Å². The van der Waals surface area contributed by atoms with Crippen molar-refractivity contribution in [3.8, 4) is 5.75 Å². The van der Waals surface area contributed by atoms with Gasteiger partial charge in [0.25, 0.3) is 0 Å². The van der Waals surface area contributed by atoms with Gasteiger partial charge in [0.2, 0.25) is 0 Å². The highest BCUT2D eigenvalue weighted by atomic mass is 16.5. The lowest BCUT2D eigenvalue weighted by molar-refractivity contribution is -0.138. The third kappa shape index (κ3) is 3.53. The first-order valence-corrected chi connectivity index (χ1v) is 6.90. The lowest BCUT2D eigenvalue weighted by atomic mass is 9.76. The summed E-state index contributed by atoms with van der Waals surface area (Å²) in [5, 5.41) is 9.08. The third-order valence-electron chi connectivity index (χ3n) is 3.66. The predicted molar refractivity (Wildman–Crippen MR) is 81.7 cm³/mol. The van der Waals surface area contributed by atoms with Crippen LogP contribution >= 0.6 is 0 Å². The molecule has 1 rings (SSSR count). The molecule has 0 saturated heterocycles. The summed E-state index contributed by atoms with van der Waals surface area (Å²) in [4.78, 5) is 11.1. The topological polar surface area (TPSA) is 46.5 Å². The summed E-state index contributed by atoms with van der Waals surface area (Å²) in [7, 11) is 1.68. The summed E-state index contributed by atoms with van der Waals surface area (Å²) in [5.74, 6) is 0.119. The molecule has 0 atom stereocenters. The fourth-order valence-corrected chi connectivity index (χ4v) is 2.47. The molecule has 0 spiro atoms. The van der Waals surface area contributed by atoms with Crippen molar-refractivity contribution in [1.29, 1.82) is 0 Å². The molecule has 3 heteroatoms. The van der Waals surface area contributed by atoms with Crippen LogP contribution in [0.5, 0.6) is 5.75 Å². The van der Waals surface area contributed by atoms with Gasteiger partial charge in [0.1, 0.15) is 5.75 Å². The van der Waals surface area contributed by atoms with Crippen molar-refractivity contribution < 1.29 is 14.6 Å². The highest BCUT2D eigenvalue weighted by Crippen LogP contribution is 2.38.